The van der Waals surface area contributed by atoms with Gasteiger partial charge < -0.3 is 20.7 Å². The smallest absolute Gasteiger partial charge is 0.237 e. The number of nitrogens with two attached hydrogens (primary N) is 1. The van der Waals surface area contributed by atoms with Gasteiger partial charge >= 0.3 is 0 Å². The zero-order valence-electron chi connectivity index (χ0n) is 29.1. The summed E-state index contributed by atoms with van der Waals surface area (Å²) < 4.78 is 5.72. The maximum atomic E-state index is 13.8. The Morgan fingerprint density at radius 1 is 1.12 bits per heavy atom. The Kier molecular flexibility index (Phi) is 11.7. The van der Waals surface area contributed by atoms with Gasteiger partial charge in [0.15, 0.2) is 5.84 Å². The van der Waals surface area contributed by atoms with E-state index in [0.717, 1.165) is 11.3 Å². The van der Waals surface area contributed by atoms with E-state index >= 15 is 0 Å². The highest BCUT2D eigenvalue weighted by atomic mass is 16.5. The second-order valence-electron chi connectivity index (χ2n) is 12.6. The summed E-state index contributed by atoms with van der Waals surface area (Å²) in [6.45, 7) is 8.70. The van der Waals surface area contributed by atoms with Gasteiger partial charge in [-0.3, -0.25) is 35.2 Å². The number of carbonyl (C=O) groups is 2. The van der Waals surface area contributed by atoms with Crippen molar-refractivity contribution in [3.8, 4) is 5.75 Å². The molecule has 13 nitrogen and oxygen atoms in total. The number of aromatic nitrogens is 2. The summed E-state index contributed by atoms with van der Waals surface area (Å²) >= 11 is 0. The maximum Gasteiger partial charge on any atom is 0.237 e. The lowest BCUT2D eigenvalue weighted by Gasteiger charge is -2.28. The zero-order chi connectivity index (χ0) is 35.8. The van der Waals surface area contributed by atoms with Crippen molar-refractivity contribution in [3.63, 3.8) is 0 Å². The molecule has 1 fully saturated rings. The van der Waals surface area contributed by atoms with Gasteiger partial charge in [0, 0.05) is 50.6 Å². The molecule has 1 atom stereocenters. The van der Waals surface area contributed by atoms with Gasteiger partial charge in [-0.05, 0) is 94.3 Å². The van der Waals surface area contributed by atoms with Crippen molar-refractivity contribution in [2.24, 2.45) is 10.9 Å². The first-order chi connectivity index (χ1) is 24.1. The van der Waals surface area contributed by atoms with Crippen LogP contribution in [-0.4, -0.2) is 102 Å². The molecule has 5 rings (SSSR count). The van der Waals surface area contributed by atoms with E-state index in [1.165, 1.54) is 6.34 Å². The summed E-state index contributed by atoms with van der Waals surface area (Å²) in [6, 6.07) is 14.4. The van der Waals surface area contributed by atoms with Gasteiger partial charge in [-0.15, -0.1) is 0 Å². The van der Waals surface area contributed by atoms with E-state index in [-0.39, 0.29) is 41.9 Å². The van der Waals surface area contributed by atoms with E-state index in [2.05, 4.69) is 20.3 Å². The molecule has 262 valence electrons. The molecule has 1 aromatic carbocycles. The zero-order valence-corrected chi connectivity index (χ0v) is 29.1. The lowest BCUT2D eigenvalue weighted by atomic mass is 10.0. The van der Waals surface area contributed by atoms with Crippen LogP contribution in [0.3, 0.4) is 0 Å². The Morgan fingerprint density at radius 3 is 2.52 bits per heavy atom. The van der Waals surface area contributed by atoms with Gasteiger partial charge in [-0.1, -0.05) is 6.08 Å². The number of ether oxygens (including phenoxy) is 1. The van der Waals surface area contributed by atoms with Crippen LogP contribution in [0, 0.1) is 16.7 Å². The van der Waals surface area contributed by atoms with Crippen LogP contribution in [0.2, 0.25) is 0 Å². The number of amidine groups is 1. The average Bonchev–Trinajstić information content (AvgIpc) is 3.60. The van der Waals surface area contributed by atoms with Crippen molar-refractivity contribution >= 4 is 46.8 Å². The number of hydrogen-bond donors (Lipinski definition) is 4. The summed E-state index contributed by atoms with van der Waals surface area (Å²) in [5.74, 6) is 0.998. The molecule has 0 radical (unpaired) electrons. The highest BCUT2D eigenvalue weighted by molar-refractivity contribution is 6.13. The number of hydrogen-bond acceptors (Lipinski definition) is 9. The quantitative estimate of drug-likeness (QED) is 0.165. The molecule has 0 unspecified atom stereocenters. The summed E-state index contributed by atoms with van der Waals surface area (Å²) in [5, 5.41) is 19.6. The van der Waals surface area contributed by atoms with E-state index < -0.39 is 0 Å². The van der Waals surface area contributed by atoms with Crippen molar-refractivity contribution < 1.29 is 14.3 Å². The first-order valence-corrected chi connectivity index (χ1v) is 17.0. The molecule has 0 aliphatic carbocycles. The molecule has 0 bridgehead atoms. The fraction of sp³-hybridized carbons (Fsp3) is 0.378. The van der Waals surface area contributed by atoms with Crippen molar-refractivity contribution in [2.75, 3.05) is 56.9 Å². The van der Waals surface area contributed by atoms with Crippen molar-refractivity contribution in [2.45, 2.75) is 39.7 Å². The number of nitrogens with one attached hydrogen (secondary N) is 3. The maximum absolute atomic E-state index is 13.8. The number of pyridine rings is 2. The number of aliphatic imine (C=N–C) groups is 1. The van der Waals surface area contributed by atoms with Gasteiger partial charge in [-0.2, -0.15) is 0 Å². The largest absolute Gasteiger partial charge is 0.491 e. The molecule has 50 heavy (non-hydrogen) atoms. The second-order valence-corrected chi connectivity index (χ2v) is 12.6. The number of carbonyl (C=O) groups excluding carboxylic acids is 2. The lowest BCUT2D eigenvalue weighted by molar-refractivity contribution is -0.132. The fourth-order valence-corrected chi connectivity index (χ4v) is 6.10. The SMILES string of the molecule is CCN(C(=O)[C@@H]1CCN(CC(=O)N2CC=C(c3ccc(C(=N)/N=C\NC)cn3)CC2)C1)c1ccc(N)c(C(=N)c2ccc(OC(C)C)cc2)n1. The molecule has 5 N–H and O–H groups in total. The van der Waals surface area contributed by atoms with Crippen LogP contribution in [0.4, 0.5) is 11.5 Å². The molecule has 1 saturated heterocycles. The number of amides is 2. The highest BCUT2D eigenvalue weighted by Crippen LogP contribution is 2.26. The number of likely N-dealkylation sites (tertiary alicyclic amines) is 1. The molecule has 0 spiro atoms. The fourth-order valence-electron chi connectivity index (χ4n) is 6.10. The van der Waals surface area contributed by atoms with Crippen molar-refractivity contribution in [1.82, 2.24) is 25.1 Å². The average molecular weight is 679 g/mol. The molecule has 2 aliphatic heterocycles. The van der Waals surface area contributed by atoms with E-state index in [1.807, 2.05) is 60.9 Å². The van der Waals surface area contributed by atoms with Crippen LogP contribution >= 0.6 is 0 Å². The van der Waals surface area contributed by atoms with E-state index in [9.17, 15) is 9.59 Å². The van der Waals surface area contributed by atoms with Crippen LogP contribution in [-0.2, 0) is 9.59 Å². The predicted octanol–water partition coefficient (Wildman–Crippen LogP) is 3.83. The van der Waals surface area contributed by atoms with E-state index in [4.69, 9.17) is 21.3 Å². The van der Waals surface area contributed by atoms with Crippen LogP contribution in [0.15, 0.2) is 65.8 Å². The summed E-state index contributed by atoms with van der Waals surface area (Å²) in [5.41, 5.74) is 10.3. The lowest BCUT2D eigenvalue weighted by Crippen LogP contribution is -2.42. The van der Waals surface area contributed by atoms with Gasteiger partial charge in [0.1, 0.15) is 17.3 Å². The third-order valence-electron chi connectivity index (χ3n) is 8.75. The highest BCUT2D eigenvalue weighted by Gasteiger charge is 2.34. The Labute approximate surface area is 293 Å². The van der Waals surface area contributed by atoms with Crippen molar-refractivity contribution in [3.05, 3.63) is 83.3 Å². The number of nitrogens with zero attached hydrogens (tertiary/aromatic N) is 6. The van der Waals surface area contributed by atoms with Crippen LogP contribution in [0.1, 0.15) is 56.1 Å². The van der Waals surface area contributed by atoms with Crippen molar-refractivity contribution in [1.29, 1.82) is 10.8 Å². The third-order valence-corrected chi connectivity index (χ3v) is 8.75. The van der Waals surface area contributed by atoms with Gasteiger partial charge in [0.25, 0.3) is 0 Å². The molecule has 2 amide bonds. The summed E-state index contributed by atoms with van der Waals surface area (Å²) in [4.78, 5) is 45.8. The molecular weight excluding hydrogens is 632 g/mol. The molecular formula is C37H46N10O3. The Balaban J connectivity index is 1.16. The first-order valence-electron chi connectivity index (χ1n) is 17.0. The molecule has 2 aliphatic rings. The molecule has 3 aromatic rings. The Hall–Kier alpha value is -5.43. The first kappa shape index (κ1) is 35.9. The normalized spacial score (nSPS) is 16.4. The van der Waals surface area contributed by atoms with E-state index in [0.29, 0.717) is 79.6 Å². The molecule has 13 heteroatoms. The minimum Gasteiger partial charge on any atom is -0.491 e. The van der Waals surface area contributed by atoms with Gasteiger partial charge in [0.2, 0.25) is 11.8 Å². The van der Waals surface area contributed by atoms with Gasteiger partial charge in [-0.25, -0.2) is 9.98 Å². The minimum absolute atomic E-state index is 0.0343. The summed E-state index contributed by atoms with van der Waals surface area (Å²) in [6.07, 6.45) is 6.51. The summed E-state index contributed by atoms with van der Waals surface area (Å²) in [7, 11) is 1.73. The van der Waals surface area contributed by atoms with Crippen LogP contribution in [0.5, 0.6) is 5.75 Å². The molecule has 0 saturated carbocycles. The van der Waals surface area contributed by atoms with Gasteiger partial charge in [0.05, 0.1) is 42.0 Å². The molecule has 4 heterocycles. The number of rotatable bonds is 12. The minimum atomic E-state index is -0.272. The topological polar surface area (TPSA) is 177 Å². The number of benzene rings is 1. The predicted molar refractivity (Wildman–Crippen MR) is 197 cm³/mol. The Morgan fingerprint density at radius 2 is 1.88 bits per heavy atom. The van der Waals surface area contributed by atoms with E-state index in [1.54, 1.807) is 42.4 Å². The van der Waals surface area contributed by atoms with Crippen LogP contribution in [0.25, 0.3) is 5.57 Å². The number of anilines is 2. The standard InChI is InChI=1S/C37H46N10O3/c1-5-47(32-13-11-30(38)35(44-32)34(39)26-6-9-29(10-7-26)50-24(2)3)37(49)28-14-17-45(21-28)22-33(48)46-18-15-25(16-19-46)31-12-8-27(20-42-31)36(40)43-23-41-4/h6-13,15,20,23-24,28,39H,5,14,16-19,21-22,38H2,1-4H3,(H2,40,41,43)/t28-/m1/s1. The second kappa shape index (κ2) is 16.3. The number of nitrogen functional groups attached to an aromatic ring is 1. The monoisotopic (exact) mass is 678 g/mol. The Bertz CT molecular complexity index is 1770. The molecule has 2 aromatic heterocycles. The third kappa shape index (κ3) is 8.58. The van der Waals surface area contributed by atoms with Crippen LogP contribution < -0.4 is 20.7 Å².